The average Bonchev–Trinajstić information content (AvgIpc) is 3.53. The van der Waals surface area contributed by atoms with Crippen LogP contribution in [-0.2, 0) is 31.9 Å². The van der Waals surface area contributed by atoms with E-state index in [1.54, 1.807) is 28.0 Å². The summed E-state index contributed by atoms with van der Waals surface area (Å²) in [6, 6.07) is 12.6. The number of carbonyl (C=O) groups excluding carboxylic acids is 4. The van der Waals surface area contributed by atoms with Crippen LogP contribution < -0.4 is 5.32 Å². The molecule has 48 heavy (non-hydrogen) atoms. The van der Waals surface area contributed by atoms with Crippen molar-refractivity contribution in [2.45, 2.75) is 75.6 Å². The number of ether oxygens (including phenoxy) is 2. The maximum absolute atomic E-state index is 14.0. The molecule has 0 unspecified atom stereocenters. The van der Waals surface area contributed by atoms with Gasteiger partial charge in [0.15, 0.2) is 6.10 Å². The van der Waals surface area contributed by atoms with E-state index in [0.29, 0.717) is 62.9 Å². The van der Waals surface area contributed by atoms with Gasteiger partial charge in [0.2, 0.25) is 0 Å². The Balaban J connectivity index is 1.08. The first-order valence-electron chi connectivity index (χ1n) is 16.9. The molecule has 0 aromatic heterocycles. The van der Waals surface area contributed by atoms with Crippen LogP contribution in [0.25, 0.3) is 0 Å². The number of likely N-dealkylation sites (tertiary alicyclic amines) is 3. The molecule has 0 spiro atoms. The van der Waals surface area contributed by atoms with Gasteiger partial charge in [-0.3, -0.25) is 14.5 Å². The van der Waals surface area contributed by atoms with E-state index in [9.17, 15) is 24.3 Å². The molecule has 0 bridgehead atoms. The van der Waals surface area contributed by atoms with E-state index in [1.807, 2.05) is 29.2 Å². The van der Waals surface area contributed by atoms with Gasteiger partial charge in [-0.2, -0.15) is 0 Å². The summed E-state index contributed by atoms with van der Waals surface area (Å²) >= 11 is 3.35. The van der Waals surface area contributed by atoms with Crippen LogP contribution in [0.2, 0.25) is 0 Å². The van der Waals surface area contributed by atoms with Gasteiger partial charge in [-0.1, -0.05) is 24.3 Å². The Morgan fingerprint density at radius 1 is 0.938 bits per heavy atom. The number of anilines is 1. The fourth-order valence-corrected chi connectivity index (χ4v) is 8.03. The maximum atomic E-state index is 14.0. The molecule has 3 fully saturated rings. The number of phenols is 1. The van der Waals surface area contributed by atoms with Crippen molar-refractivity contribution in [3.63, 3.8) is 0 Å². The zero-order valence-electron chi connectivity index (χ0n) is 27.3. The van der Waals surface area contributed by atoms with Crippen molar-refractivity contribution in [3.8, 4) is 5.75 Å². The van der Waals surface area contributed by atoms with Crippen LogP contribution >= 0.6 is 15.9 Å². The largest absolute Gasteiger partial charge is 0.507 e. The van der Waals surface area contributed by atoms with E-state index in [2.05, 4.69) is 26.1 Å². The lowest BCUT2D eigenvalue weighted by atomic mass is 10.00. The van der Waals surface area contributed by atoms with Crippen LogP contribution in [0.4, 0.5) is 15.3 Å². The molecule has 2 aromatic rings. The Labute approximate surface area is 289 Å². The number of amides is 4. The maximum Gasteiger partial charge on any atom is 0.410 e. The van der Waals surface area contributed by atoms with Gasteiger partial charge in [0.25, 0.3) is 5.91 Å². The molecule has 2 aromatic carbocycles. The van der Waals surface area contributed by atoms with Gasteiger partial charge in [-0.15, -0.1) is 0 Å². The van der Waals surface area contributed by atoms with Crippen molar-refractivity contribution < 1.29 is 33.8 Å². The molecule has 0 saturated carbocycles. The van der Waals surface area contributed by atoms with Crippen molar-refractivity contribution in [1.29, 1.82) is 0 Å². The topological polar surface area (TPSA) is 132 Å². The summed E-state index contributed by atoms with van der Waals surface area (Å²) in [5, 5.41) is 13.0. The Morgan fingerprint density at radius 3 is 2.38 bits per heavy atom. The summed E-state index contributed by atoms with van der Waals surface area (Å²) in [6.07, 6.45) is 3.69. The van der Waals surface area contributed by atoms with Crippen LogP contribution in [0, 0.1) is 0 Å². The Bertz CT molecular complexity index is 1510. The standard InChI is InChI=1S/C35H44BrN5O7/c1-47-33(44)29-7-4-15-40(29)25-11-16-38(17-12-25)32(43)31(22-23-8-9-30(42)27(36)21-23)48-35(46)39-18-13-26(14-19-39)41-20-10-24-5-2-3-6-28(24)37-34(41)45/h2-3,5-6,8-9,21,25-26,29,31,42H,4,7,10-20,22H2,1H3,(H,37,45)/t29-,31+/m0/s1. The summed E-state index contributed by atoms with van der Waals surface area (Å²) in [7, 11) is 1.42. The molecule has 0 aliphatic carbocycles. The smallest absolute Gasteiger partial charge is 0.410 e. The molecule has 2 N–H and O–H groups in total. The lowest BCUT2D eigenvalue weighted by molar-refractivity contribution is -0.148. The van der Waals surface area contributed by atoms with Crippen LogP contribution in [0.15, 0.2) is 46.9 Å². The highest BCUT2D eigenvalue weighted by Gasteiger charge is 2.40. The molecule has 6 rings (SSSR count). The quantitative estimate of drug-likeness (QED) is 0.402. The molecule has 3 saturated heterocycles. The number of halogens is 1. The highest BCUT2D eigenvalue weighted by Crippen LogP contribution is 2.29. The summed E-state index contributed by atoms with van der Waals surface area (Å²) in [4.78, 5) is 60.4. The number of urea groups is 1. The second-order valence-electron chi connectivity index (χ2n) is 13.1. The third-order valence-corrected chi connectivity index (χ3v) is 10.9. The normalized spacial score (nSPS) is 21.7. The Kier molecular flexibility index (Phi) is 10.7. The van der Waals surface area contributed by atoms with Gasteiger partial charge < -0.3 is 34.6 Å². The van der Waals surface area contributed by atoms with Gasteiger partial charge >= 0.3 is 18.1 Å². The van der Waals surface area contributed by atoms with E-state index in [4.69, 9.17) is 9.47 Å². The number of benzene rings is 2. The van der Waals surface area contributed by atoms with E-state index in [0.717, 1.165) is 42.6 Å². The number of nitrogens with zero attached hydrogens (tertiary/aromatic N) is 4. The van der Waals surface area contributed by atoms with E-state index in [1.165, 1.54) is 7.11 Å². The second-order valence-corrected chi connectivity index (χ2v) is 13.9. The van der Waals surface area contributed by atoms with Gasteiger partial charge in [-0.25, -0.2) is 9.59 Å². The van der Waals surface area contributed by atoms with Crippen molar-refractivity contribution in [1.82, 2.24) is 19.6 Å². The molecular formula is C35H44BrN5O7. The van der Waals surface area contributed by atoms with E-state index in [-0.39, 0.29) is 48.2 Å². The van der Waals surface area contributed by atoms with Crippen LogP contribution in [0.1, 0.15) is 49.7 Å². The first-order chi connectivity index (χ1) is 23.2. The molecular weight excluding hydrogens is 682 g/mol. The molecule has 4 amide bonds. The predicted molar refractivity (Wildman–Crippen MR) is 182 cm³/mol. The number of esters is 1. The number of fused-ring (bicyclic) bond motifs is 1. The first-order valence-corrected chi connectivity index (χ1v) is 17.7. The molecule has 12 nitrogen and oxygen atoms in total. The number of aromatic hydroxyl groups is 1. The van der Waals surface area contributed by atoms with E-state index >= 15 is 0 Å². The SMILES string of the molecule is COC(=O)[C@@H]1CCCN1C1CCN(C(=O)[C@@H](Cc2ccc(O)c(Br)c2)OC(=O)N2CCC(N3CCc4ccccc4NC3=O)CC2)CC1. The van der Waals surface area contributed by atoms with Crippen molar-refractivity contribution in [2.24, 2.45) is 0 Å². The molecule has 4 aliphatic heterocycles. The van der Waals surface area contributed by atoms with Gasteiger partial charge in [0, 0.05) is 56.9 Å². The highest BCUT2D eigenvalue weighted by atomic mass is 79.9. The zero-order chi connectivity index (χ0) is 33.8. The number of carbonyl (C=O) groups is 4. The van der Waals surface area contributed by atoms with Gasteiger partial charge in [-0.05, 0) is 96.7 Å². The van der Waals surface area contributed by atoms with E-state index < -0.39 is 12.2 Å². The lowest BCUT2D eigenvalue weighted by Crippen LogP contribution is -2.53. The summed E-state index contributed by atoms with van der Waals surface area (Å²) < 4.78 is 11.5. The van der Waals surface area contributed by atoms with Crippen LogP contribution in [-0.4, -0.2) is 119 Å². The predicted octanol–water partition coefficient (Wildman–Crippen LogP) is 4.39. The summed E-state index contributed by atoms with van der Waals surface area (Å²) in [6.45, 7) is 3.25. The zero-order valence-corrected chi connectivity index (χ0v) is 28.9. The third kappa shape index (κ3) is 7.57. The molecule has 258 valence electrons. The number of nitrogens with one attached hydrogen (secondary N) is 1. The number of hydrogen-bond acceptors (Lipinski definition) is 8. The number of methoxy groups -OCH3 is 1. The third-order valence-electron chi connectivity index (χ3n) is 10.3. The number of para-hydroxylation sites is 1. The lowest BCUT2D eigenvalue weighted by Gasteiger charge is -2.40. The van der Waals surface area contributed by atoms with Crippen LogP contribution in [0.3, 0.4) is 0 Å². The average molecular weight is 727 g/mol. The highest BCUT2D eigenvalue weighted by molar-refractivity contribution is 9.10. The fraction of sp³-hybridized carbons (Fsp3) is 0.543. The van der Waals surface area contributed by atoms with Gasteiger partial charge in [0.1, 0.15) is 11.8 Å². The molecule has 13 heteroatoms. The van der Waals surface area contributed by atoms with Crippen molar-refractivity contribution in [2.75, 3.05) is 51.7 Å². The minimum atomic E-state index is -1.05. The number of rotatable bonds is 7. The molecule has 2 atom stereocenters. The molecule has 4 heterocycles. The van der Waals surface area contributed by atoms with Gasteiger partial charge in [0.05, 0.1) is 11.6 Å². The Morgan fingerprint density at radius 2 is 1.65 bits per heavy atom. The first kappa shape index (κ1) is 34.0. The minimum absolute atomic E-state index is 0.00850. The van der Waals surface area contributed by atoms with Crippen LogP contribution in [0.5, 0.6) is 5.75 Å². The number of hydrogen-bond donors (Lipinski definition) is 2. The Hall–Kier alpha value is -3.84. The summed E-state index contributed by atoms with van der Waals surface area (Å²) in [5.74, 6) is -0.382. The minimum Gasteiger partial charge on any atom is -0.507 e. The number of phenolic OH excluding ortho intramolecular Hbond substituents is 1. The fourth-order valence-electron chi connectivity index (χ4n) is 7.60. The number of piperidine rings is 2. The second kappa shape index (κ2) is 15.1. The summed E-state index contributed by atoms with van der Waals surface area (Å²) in [5.41, 5.74) is 2.69. The molecule has 4 aliphatic rings. The monoisotopic (exact) mass is 725 g/mol. The van der Waals surface area contributed by atoms with Crippen molar-refractivity contribution >= 4 is 45.6 Å². The molecule has 0 radical (unpaired) electrons. The van der Waals surface area contributed by atoms with Crippen molar-refractivity contribution in [3.05, 3.63) is 58.1 Å².